The Hall–Kier alpha value is -1.09. The van der Waals surface area contributed by atoms with Gasteiger partial charge in [-0.2, -0.15) is 0 Å². The molecule has 1 N–H and O–H groups in total. The third-order valence-corrected chi connectivity index (χ3v) is 1.22. The lowest BCUT2D eigenvalue weighted by Gasteiger charge is -1.96. The number of hydrogen-bond acceptors (Lipinski definition) is 2. The Morgan fingerprint density at radius 3 is 2.80 bits per heavy atom. The van der Waals surface area contributed by atoms with Gasteiger partial charge in [-0.3, -0.25) is 10.1 Å². The summed E-state index contributed by atoms with van der Waals surface area (Å²) >= 11 is 0. The van der Waals surface area contributed by atoms with E-state index in [-0.39, 0.29) is 18.1 Å². The molecule has 3 heteroatoms. The fourth-order valence-electron chi connectivity index (χ4n) is 0.711. The maximum Gasteiger partial charge on any atom is 0.202 e. The summed E-state index contributed by atoms with van der Waals surface area (Å²) in [5.41, 5.74) is 0.976. The van der Waals surface area contributed by atoms with E-state index >= 15 is 0 Å². The molecule has 0 aliphatic carbocycles. The van der Waals surface area contributed by atoms with Gasteiger partial charge in [0, 0.05) is 5.69 Å². The van der Waals surface area contributed by atoms with Crippen LogP contribution in [0.25, 0.3) is 0 Å². The van der Waals surface area contributed by atoms with Crippen molar-refractivity contribution in [3.05, 3.63) is 23.5 Å². The van der Waals surface area contributed by atoms with Crippen LogP contribution in [-0.2, 0) is 11.7 Å². The Labute approximate surface area is 59.0 Å². The van der Waals surface area contributed by atoms with Gasteiger partial charge in [-0.05, 0) is 19.1 Å². The molecule has 0 saturated heterocycles. The van der Waals surface area contributed by atoms with Gasteiger partial charge in [0.25, 0.3) is 0 Å². The van der Waals surface area contributed by atoms with Crippen molar-refractivity contribution >= 4 is 0 Å². The molecule has 0 spiro atoms. The predicted octanol–water partition coefficient (Wildman–Crippen LogP) is 1.03. The Kier molecular flexibility index (Phi) is 1.87. The normalized spacial score (nSPS) is 9.80. The van der Waals surface area contributed by atoms with Gasteiger partial charge in [-0.25, -0.2) is 0 Å². The summed E-state index contributed by atoms with van der Waals surface area (Å²) in [5, 5.41) is 19.4. The van der Waals surface area contributed by atoms with E-state index in [9.17, 15) is 5.11 Å². The Bertz CT molecular complexity index is 235. The first-order valence-corrected chi connectivity index (χ1v) is 2.98. The molecule has 0 aromatic carbocycles. The molecule has 1 radical (unpaired) electrons. The fourth-order valence-corrected chi connectivity index (χ4v) is 0.711. The largest absolute Gasteiger partial charge is 0.390 e. The minimum atomic E-state index is -0.277. The van der Waals surface area contributed by atoms with Gasteiger partial charge in [0.15, 0.2) is 0 Å². The highest BCUT2D eigenvalue weighted by Crippen LogP contribution is 2.14. The SMILES string of the molecule is Cc1ccc([O])c(CO)n1. The fraction of sp³-hybridized carbons (Fsp3) is 0.286. The van der Waals surface area contributed by atoms with Crippen molar-refractivity contribution in [3.8, 4) is 5.75 Å². The maximum absolute atomic E-state index is 10.8. The average molecular weight is 138 g/mol. The summed E-state index contributed by atoms with van der Waals surface area (Å²) in [6.45, 7) is 1.50. The lowest BCUT2D eigenvalue weighted by Crippen LogP contribution is -1.90. The third kappa shape index (κ3) is 1.25. The van der Waals surface area contributed by atoms with Gasteiger partial charge < -0.3 is 5.11 Å². The third-order valence-electron chi connectivity index (χ3n) is 1.22. The first-order chi connectivity index (χ1) is 4.74. The smallest absolute Gasteiger partial charge is 0.202 e. The van der Waals surface area contributed by atoms with E-state index < -0.39 is 0 Å². The molecule has 0 saturated carbocycles. The highest BCUT2D eigenvalue weighted by Gasteiger charge is 2.01. The summed E-state index contributed by atoms with van der Waals surface area (Å²) in [5.74, 6) is -0.201. The van der Waals surface area contributed by atoms with Crippen LogP contribution in [-0.4, -0.2) is 10.1 Å². The van der Waals surface area contributed by atoms with Crippen LogP contribution in [0.4, 0.5) is 0 Å². The van der Waals surface area contributed by atoms with Crippen molar-refractivity contribution in [2.45, 2.75) is 13.5 Å². The monoisotopic (exact) mass is 138 g/mol. The summed E-state index contributed by atoms with van der Waals surface area (Å²) in [7, 11) is 0. The minimum absolute atomic E-state index is 0.201. The van der Waals surface area contributed by atoms with Gasteiger partial charge in [-0.1, -0.05) is 0 Å². The number of nitrogens with zero attached hydrogens (tertiary/aromatic N) is 1. The van der Waals surface area contributed by atoms with Crippen LogP contribution in [0, 0.1) is 6.92 Å². The second kappa shape index (κ2) is 2.66. The molecule has 0 atom stereocenters. The van der Waals surface area contributed by atoms with Crippen molar-refractivity contribution in [2.75, 3.05) is 0 Å². The molecular weight excluding hydrogens is 130 g/mol. The Morgan fingerprint density at radius 2 is 2.30 bits per heavy atom. The molecule has 0 aliphatic rings. The zero-order valence-electron chi connectivity index (χ0n) is 5.66. The van der Waals surface area contributed by atoms with Gasteiger partial charge in [0.05, 0.1) is 6.61 Å². The molecule has 0 amide bonds. The van der Waals surface area contributed by atoms with Crippen LogP contribution >= 0.6 is 0 Å². The van der Waals surface area contributed by atoms with Crippen LogP contribution < -0.4 is 0 Å². The molecule has 0 unspecified atom stereocenters. The number of hydrogen-bond donors (Lipinski definition) is 1. The molecular formula is C7H8NO2. The summed E-state index contributed by atoms with van der Waals surface area (Å²) in [6, 6.07) is 3.04. The molecule has 0 aliphatic heterocycles. The Morgan fingerprint density at radius 1 is 1.60 bits per heavy atom. The minimum Gasteiger partial charge on any atom is -0.390 e. The van der Waals surface area contributed by atoms with Crippen LogP contribution in [0.5, 0.6) is 5.75 Å². The lowest BCUT2D eigenvalue weighted by molar-refractivity contribution is 0.260. The molecule has 1 aromatic heterocycles. The van der Waals surface area contributed by atoms with E-state index in [2.05, 4.69) is 4.98 Å². The van der Waals surface area contributed by atoms with E-state index in [1.54, 1.807) is 13.0 Å². The van der Waals surface area contributed by atoms with Crippen LogP contribution in [0.3, 0.4) is 0 Å². The quantitative estimate of drug-likeness (QED) is 0.630. The second-order valence-corrected chi connectivity index (χ2v) is 2.06. The van der Waals surface area contributed by atoms with Gasteiger partial charge in [-0.15, -0.1) is 0 Å². The standard InChI is InChI=1S/C7H8NO2/c1-5-2-3-7(10)6(4-9)8-5/h2-3,9H,4H2,1H3. The first-order valence-electron chi connectivity index (χ1n) is 2.98. The first kappa shape index (κ1) is 7.02. The zero-order valence-corrected chi connectivity index (χ0v) is 5.66. The average Bonchev–Trinajstić information content (AvgIpc) is 1.94. The van der Waals surface area contributed by atoms with Crippen molar-refractivity contribution in [3.63, 3.8) is 0 Å². The number of aromatic nitrogens is 1. The predicted molar refractivity (Wildman–Crippen MR) is 35.0 cm³/mol. The topological polar surface area (TPSA) is 53.0 Å². The summed E-state index contributed by atoms with van der Waals surface area (Å²) in [6.07, 6.45) is 0. The van der Waals surface area contributed by atoms with Crippen molar-refractivity contribution in [2.24, 2.45) is 0 Å². The van der Waals surface area contributed by atoms with E-state index in [4.69, 9.17) is 5.11 Å². The Balaban J connectivity index is 3.09. The molecule has 1 aromatic rings. The van der Waals surface area contributed by atoms with E-state index in [0.717, 1.165) is 5.69 Å². The van der Waals surface area contributed by atoms with E-state index in [1.165, 1.54) is 6.07 Å². The number of pyridine rings is 1. The summed E-state index contributed by atoms with van der Waals surface area (Å²) < 4.78 is 0. The molecule has 1 rings (SSSR count). The lowest BCUT2D eigenvalue weighted by atomic mass is 10.3. The summed E-state index contributed by atoms with van der Waals surface area (Å²) in [4.78, 5) is 3.83. The van der Waals surface area contributed by atoms with Crippen LogP contribution in [0.1, 0.15) is 11.4 Å². The van der Waals surface area contributed by atoms with E-state index in [0.29, 0.717) is 0 Å². The zero-order chi connectivity index (χ0) is 7.56. The van der Waals surface area contributed by atoms with Crippen molar-refractivity contribution < 1.29 is 10.2 Å². The van der Waals surface area contributed by atoms with Crippen molar-refractivity contribution in [1.29, 1.82) is 0 Å². The van der Waals surface area contributed by atoms with Gasteiger partial charge in [0.2, 0.25) is 5.75 Å². The van der Waals surface area contributed by atoms with E-state index in [1.807, 2.05) is 0 Å². The van der Waals surface area contributed by atoms with Crippen molar-refractivity contribution in [1.82, 2.24) is 4.98 Å². The van der Waals surface area contributed by atoms with Crippen LogP contribution in [0.2, 0.25) is 0 Å². The van der Waals surface area contributed by atoms with Gasteiger partial charge >= 0.3 is 0 Å². The maximum atomic E-state index is 10.8. The number of rotatable bonds is 1. The van der Waals surface area contributed by atoms with Gasteiger partial charge in [0.1, 0.15) is 5.69 Å². The number of aliphatic hydroxyl groups is 1. The molecule has 3 nitrogen and oxygen atoms in total. The number of aliphatic hydroxyl groups excluding tert-OH is 1. The molecule has 1 heterocycles. The highest BCUT2D eigenvalue weighted by molar-refractivity contribution is 5.26. The highest BCUT2D eigenvalue weighted by atomic mass is 16.3. The number of aryl methyl sites for hydroxylation is 1. The second-order valence-electron chi connectivity index (χ2n) is 2.06. The molecule has 0 bridgehead atoms. The molecule has 53 valence electrons. The molecule has 10 heavy (non-hydrogen) atoms. The van der Waals surface area contributed by atoms with Crippen LogP contribution in [0.15, 0.2) is 12.1 Å². The molecule has 0 fully saturated rings.